The van der Waals surface area contributed by atoms with Gasteiger partial charge in [-0.05, 0) is 42.8 Å². The number of aromatic nitrogens is 5. The summed E-state index contributed by atoms with van der Waals surface area (Å²) in [6, 6.07) is 11.8. The van der Waals surface area contributed by atoms with Gasteiger partial charge >= 0.3 is 0 Å². The number of benzene rings is 2. The molecule has 2 aromatic carbocycles. The average Bonchev–Trinajstić information content (AvgIpc) is 3.22. The first-order valence-corrected chi connectivity index (χ1v) is 7.68. The van der Waals surface area contributed by atoms with Gasteiger partial charge < -0.3 is 4.52 Å². The van der Waals surface area contributed by atoms with Crippen LogP contribution in [0.3, 0.4) is 0 Å². The Labute approximate surface area is 136 Å². The van der Waals surface area contributed by atoms with Crippen molar-refractivity contribution in [3.05, 3.63) is 48.3 Å². The molecule has 0 saturated heterocycles. The van der Waals surface area contributed by atoms with Gasteiger partial charge in [-0.25, -0.2) is 9.07 Å². The molecule has 6 nitrogen and oxygen atoms in total. The molecule has 2 aromatic heterocycles. The first kappa shape index (κ1) is 14.5. The molecule has 0 aliphatic heterocycles. The highest BCUT2D eigenvalue weighted by atomic mass is 19.1. The summed E-state index contributed by atoms with van der Waals surface area (Å²) >= 11 is 0. The fraction of sp³-hybridized carbons (Fsp3) is 0.176. The van der Waals surface area contributed by atoms with Crippen molar-refractivity contribution in [2.75, 3.05) is 0 Å². The van der Waals surface area contributed by atoms with Crippen molar-refractivity contribution in [1.82, 2.24) is 25.1 Å². The zero-order chi connectivity index (χ0) is 16.5. The van der Waals surface area contributed by atoms with Crippen LogP contribution >= 0.6 is 0 Å². The number of hydrogen-bond acceptors (Lipinski definition) is 5. The first-order valence-electron chi connectivity index (χ1n) is 7.68. The van der Waals surface area contributed by atoms with Gasteiger partial charge in [-0.3, -0.25) is 0 Å². The van der Waals surface area contributed by atoms with Gasteiger partial charge in [0.2, 0.25) is 5.82 Å². The van der Waals surface area contributed by atoms with Gasteiger partial charge in [0, 0.05) is 17.7 Å². The van der Waals surface area contributed by atoms with E-state index in [1.54, 1.807) is 12.1 Å². The van der Waals surface area contributed by atoms with E-state index >= 15 is 0 Å². The van der Waals surface area contributed by atoms with Crippen LogP contribution in [0.15, 0.2) is 47.0 Å². The second-order valence-electron chi connectivity index (χ2n) is 5.45. The van der Waals surface area contributed by atoms with Crippen LogP contribution in [-0.2, 0) is 6.54 Å². The highest BCUT2D eigenvalue weighted by Gasteiger charge is 2.13. The number of halogens is 1. The van der Waals surface area contributed by atoms with E-state index in [0.717, 1.165) is 29.6 Å². The van der Waals surface area contributed by atoms with Crippen LogP contribution < -0.4 is 0 Å². The fourth-order valence-corrected chi connectivity index (χ4v) is 2.57. The van der Waals surface area contributed by atoms with E-state index in [-0.39, 0.29) is 11.7 Å². The quantitative estimate of drug-likeness (QED) is 0.573. The Bertz CT molecular complexity index is 1010. The Balaban J connectivity index is 1.70. The topological polar surface area (TPSA) is 69.6 Å². The molecule has 7 heteroatoms. The van der Waals surface area contributed by atoms with Gasteiger partial charge in [-0.2, -0.15) is 4.98 Å². The molecule has 0 radical (unpaired) electrons. The Morgan fingerprint density at radius 3 is 2.88 bits per heavy atom. The number of fused-ring (bicyclic) bond motifs is 1. The van der Waals surface area contributed by atoms with E-state index < -0.39 is 0 Å². The summed E-state index contributed by atoms with van der Waals surface area (Å²) in [6.45, 7) is 2.91. The second-order valence-corrected chi connectivity index (χ2v) is 5.45. The standard InChI is InChI=1S/C17H14FN5O/c1-2-8-23-15-7-6-11(10-14(15)20-22-23)16-19-17(24-21-16)12-4-3-5-13(18)9-12/h3-7,9-10H,2,8H2,1H3. The van der Waals surface area contributed by atoms with Crippen LogP contribution in [0, 0.1) is 5.82 Å². The molecule has 2 heterocycles. The third-order valence-electron chi connectivity index (χ3n) is 3.71. The van der Waals surface area contributed by atoms with Crippen molar-refractivity contribution in [3.63, 3.8) is 0 Å². The molecule has 0 bridgehead atoms. The van der Waals surface area contributed by atoms with E-state index in [2.05, 4.69) is 27.4 Å². The molecule has 0 fully saturated rings. The molecular formula is C17H14FN5O. The van der Waals surface area contributed by atoms with Crippen LogP contribution in [-0.4, -0.2) is 25.1 Å². The molecule has 0 atom stereocenters. The second kappa shape index (κ2) is 5.84. The minimum atomic E-state index is -0.346. The third-order valence-corrected chi connectivity index (χ3v) is 3.71. The molecule has 0 N–H and O–H groups in total. The summed E-state index contributed by atoms with van der Waals surface area (Å²) in [7, 11) is 0. The van der Waals surface area contributed by atoms with Crippen molar-refractivity contribution >= 4 is 11.0 Å². The zero-order valence-electron chi connectivity index (χ0n) is 13.0. The number of hydrogen-bond donors (Lipinski definition) is 0. The van der Waals surface area contributed by atoms with Gasteiger partial charge in [0.15, 0.2) is 0 Å². The highest BCUT2D eigenvalue weighted by Crippen LogP contribution is 2.25. The fourth-order valence-electron chi connectivity index (χ4n) is 2.57. The summed E-state index contributed by atoms with van der Waals surface area (Å²) in [6.07, 6.45) is 0.988. The average molecular weight is 323 g/mol. The Hall–Kier alpha value is -3.09. The maximum Gasteiger partial charge on any atom is 0.258 e. The molecule has 4 rings (SSSR count). The van der Waals surface area contributed by atoms with E-state index in [9.17, 15) is 4.39 Å². The van der Waals surface area contributed by atoms with E-state index in [1.807, 2.05) is 22.9 Å². The lowest BCUT2D eigenvalue weighted by Crippen LogP contribution is -1.98. The molecule has 24 heavy (non-hydrogen) atoms. The Kier molecular flexibility index (Phi) is 3.53. The molecular weight excluding hydrogens is 309 g/mol. The lowest BCUT2D eigenvalue weighted by molar-refractivity contribution is 0.432. The van der Waals surface area contributed by atoms with E-state index in [1.165, 1.54) is 12.1 Å². The summed E-state index contributed by atoms with van der Waals surface area (Å²) in [5, 5.41) is 12.3. The molecule has 0 spiro atoms. The molecule has 0 saturated carbocycles. The largest absolute Gasteiger partial charge is 0.334 e. The van der Waals surface area contributed by atoms with Gasteiger partial charge in [0.05, 0.1) is 5.52 Å². The summed E-state index contributed by atoms with van der Waals surface area (Å²) in [5.74, 6) is 0.363. The van der Waals surface area contributed by atoms with Gasteiger partial charge in [0.1, 0.15) is 11.3 Å². The lowest BCUT2D eigenvalue weighted by atomic mass is 10.2. The minimum absolute atomic E-state index is 0.277. The van der Waals surface area contributed by atoms with Crippen molar-refractivity contribution < 1.29 is 8.91 Å². The summed E-state index contributed by atoms with van der Waals surface area (Å²) in [5.41, 5.74) is 3.06. The molecule has 0 amide bonds. The summed E-state index contributed by atoms with van der Waals surface area (Å²) in [4.78, 5) is 4.34. The first-order chi connectivity index (χ1) is 11.7. The predicted molar refractivity (Wildman–Crippen MR) is 86.5 cm³/mol. The molecule has 0 aliphatic carbocycles. The van der Waals surface area contributed by atoms with Crippen molar-refractivity contribution in [3.8, 4) is 22.8 Å². The van der Waals surface area contributed by atoms with Crippen LogP contribution in [0.1, 0.15) is 13.3 Å². The normalized spacial score (nSPS) is 11.2. The van der Waals surface area contributed by atoms with E-state index in [4.69, 9.17) is 4.52 Å². The number of aryl methyl sites for hydroxylation is 1. The number of rotatable bonds is 4. The smallest absolute Gasteiger partial charge is 0.258 e. The molecule has 0 unspecified atom stereocenters. The maximum atomic E-state index is 13.3. The SMILES string of the molecule is CCCn1nnc2cc(-c3noc(-c4cccc(F)c4)n3)ccc21. The van der Waals surface area contributed by atoms with Crippen LogP contribution in [0.25, 0.3) is 33.9 Å². The van der Waals surface area contributed by atoms with Crippen molar-refractivity contribution in [1.29, 1.82) is 0 Å². The van der Waals surface area contributed by atoms with Gasteiger partial charge in [-0.15, -0.1) is 5.10 Å². The minimum Gasteiger partial charge on any atom is -0.334 e. The van der Waals surface area contributed by atoms with Crippen molar-refractivity contribution in [2.45, 2.75) is 19.9 Å². The molecule has 120 valence electrons. The zero-order valence-corrected chi connectivity index (χ0v) is 13.0. The third kappa shape index (κ3) is 2.54. The van der Waals surface area contributed by atoms with Crippen LogP contribution in [0.4, 0.5) is 4.39 Å². The molecule has 4 aromatic rings. The van der Waals surface area contributed by atoms with Gasteiger partial charge in [-0.1, -0.05) is 23.4 Å². The van der Waals surface area contributed by atoms with E-state index in [0.29, 0.717) is 11.4 Å². The Morgan fingerprint density at radius 2 is 2.04 bits per heavy atom. The number of nitrogens with zero attached hydrogens (tertiary/aromatic N) is 5. The highest BCUT2D eigenvalue weighted by molar-refractivity contribution is 5.80. The maximum absolute atomic E-state index is 13.3. The van der Waals surface area contributed by atoms with Crippen LogP contribution in [0.2, 0.25) is 0 Å². The Morgan fingerprint density at radius 1 is 1.12 bits per heavy atom. The van der Waals surface area contributed by atoms with Crippen LogP contribution in [0.5, 0.6) is 0 Å². The summed E-state index contributed by atoms with van der Waals surface area (Å²) < 4.78 is 20.4. The predicted octanol–water partition coefficient (Wildman–Crippen LogP) is 3.70. The van der Waals surface area contributed by atoms with Crippen molar-refractivity contribution in [2.24, 2.45) is 0 Å². The van der Waals surface area contributed by atoms with Gasteiger partial charge in [0.25, 0.3) is 5.89 Å². The monoisotopic (exact) mass is 323 g/mol. The lowest BCUT2D eigenvalue weighted by Gasteiger charge is -1.99. The molecule has 0 aliphatic rings.